The summed E-state index contributed by atoms with van der Waals surface area (Å²) in [5.41, 5.74) is 0. The van der Waals surface area contributed by atoms with Crippen molar-refractivity contribution in [1.29, 1.82) is 0 Å². The number of ketones is 1. The molecule has 115 heavy (non-hydrogen) atoms. The third-order valence-corrected chi connectivity index (χ3v) is 19.1. The number of hydrogen-bond acceptors (Lipinski definition) is 39. The lowest BCUT2D eigenvalue weighted by Gasteiger charge is -2.46. The second-order valence-corrected chi connectivity index (χ2v) is 28.1. The first-order chi connectivity index (χ1) is 54.8. The number of Topliss-reactive ketones (excluding diaryl/α,β-unsaturated/α-hetero) is 1. The number of nitrogens with zero attached hydrogens (tertiary/aromatic N) is 2. The number of aliphatic hydroxyl groups is 15. The van der Waals surface area contributed by atoms with Gasteiger partial charge in [-0.2, -0.15) is 0 Å². The second kappa shape index (κ2) is 49.6. The first kappa shape index (κ1) is 97.0. The molecule has 0 aromatic heterocycles. The molecule has 47 heteroatoms. The summed E-state index contributed by atoms with van der Waals surface area (Å²) in [5, 5.41) is 174. The maximum atomic E-state index is 14.1. The van der Waals surface area contributed by atoms with Crippen LogP contribution in [0.3, 0.4) is 0 Å². The van der Waals surface area contributed by atoms with Crippen molar-refractivity contribution in [2.24, 2.45) is 5.92 Å². The molecular formula is C68H111N9O38. The summed E-state index contributed by atoms with van der Waals surface area (Å²) in [6.45, 7) is -6.14. The van der Waals surface area contributed by atoms with Crippen LogP contribution in [0.4, 0.5) is 0 Å². The number of aldehydes is 1. The monoisotopic (exact) mass is 1660 g/mol. The van der Waals surface area contributed by atoms with E-state index in [1.165, 1.54) is 6.92 Å². The predicted molar refractivity (Wildman–Crippen MR) is 375 cm³/mol. The van der Waals surface area contributed by atoms with Gasteiger partial charge in [-0.15, -0.1) is 5.06 Å². The molecule has 22 N–H and O–H groups in total. The Morgan fingerprint density at radius 2 is 0.939 bits per heavy atom. The molecule has 0 aromatic carbocycles. The van der Waals surface area contributed by atoms with Gasteiger partial charge < -0.3 is 171 Å². The molecule has 6 aliphatic heterocycles. The van der Waals surface area contributed by atoms with Crippen molar-refractivity contribution in [2.75, 3.05) is 105 Å². The maximum Gasteiger partial charge on any atom is 0.333 e. The fourth-order valence-electron chi connectivity index (χ4n) is 12.7. The van der Waals surface area contributed by atoms with E-state index in [1.54, 1.807) is 0 Å². The number of unbranched alkanes of at least 4 members (excludes halogenated alkanes) is 2. The zero-order valence-electron chi connectivity index (χ0n) is 63.2. The summed E-state index contributed by atoms with van der Waals surface area (Å²) in [6.07, 6.45) is -36.8. The van der Waals surface area contributed by atoms with E-state index in [0.29, 0.717) is 17.9 Å². The normalized spacial score (nSPS) is 31.5. The molecule has 0 unspecified atom stereocenters. The molecule has 0 bridgehead atoms. The topological polar surface area (TPSA) is 701 Å². The van der Waals surface area contributed by atoms with Crippen LogP contribution in [0, 0.1) is 5.92 Å². The summed E-state index contributed by atoms with van der Waals surface area (Å²) >= 11 is 0. The molecule has 6 aliphatic rings. The number of hydrogen-bond donors (Lipinski definition) is 22. The smallest absolute Gasteiger partial charge is 0.333 e. The third-order valence-electron chi connectivity index (χ3n) is 19.1. The van der Waals surface area contributed by atoms with Gasteiger partial charge in [0.2, 0.25) is 41.4 Å². The van der Waals surface area contributed by atoms with Gasteiger partial charge in [-0.05, 0) is 39.0 Å². The van der Waals surface area contributed by atoms with Crippen molar-refractivity contribution in [3.05, 3.63) is 0 Å². The molecule has 0 spiro atoms. The first-order valence-electron chi connectivity index (χ1n) is 37.8. The van der Waals surface area contributed by atoms with E-state index in [0.717, 1.165) is 4.90 Å². The minimum Gasteiger partial charge on any atom is -0.394 e. The summed E-state index contributed by atoms with van der Waals surface area (Å²) in [4.78, 5) is 161. The van der Waals surface area contributed by atoms with Crippen molar-refractivity contribution in [3.8, 4) is 0 Å². The second-order valence-electron chi connectivity index (χ2n) is 28.1. The van der Waals surface area contributed by atoms with Gasteiger partial charge in [0.1, 0.15) is 97.4 Å². The average molecular weight is 1660 g/mol. The molecule has 0 aliphatic carbocycles. The zero-order valence-corrected chi connectivity index (χ0v) is 63.2. The Kier molecular flexibility index (Phi) is 41.8. The van der Waals surface area contributed by atoms with E-state index in [9.17, 15) is 134 Å². The van der Waals surface area contributed by atoms with Crippen LogP contribution in [0.5, 0.6) is 0 Å². The number of aliphatic hydroxyl groups excluding tert-OH is 15. The Bertz CT molecular complexity index is 3100. The van der Waals surface area contributed by atoms with E-state index in [2.05, 4.69) is 37.2 Å². The van der Waals surface area contributed by atoms with Crippen LogP contribution < -0.4 is 37.2 Å². The summed E-state index contributed by atoms with van der Waals surface area (Å²) in [5.74, 6) is -9.56. The van der Waals surface area contributed by atoms with Crippen molar-refractivity contribution in [3.63, 3.8) is 0 Å². The predicted octanol–water partition coefficient (Wildman–Crippen LogP) is -13.5. The van der Waals surface area contributed by atoms with Gasteiger partial charge >= 0.3 is 5.97 Å². The maximum absolute atomic E-state index is 14.1. The number of ether oxygens (including phenoxy) is 10. The Labute approximate surface area is 658 Å². The molecule has 0 aromatic rings. The lowest BCUT2D eigenvalue weighted by Crippen LogP contribution is -2.65. The first-order valence-corrected chi connectivity index (χ1v) is 37.8. The van der Waals surface area contributed by atoms with E-state index in [1.807, 2.05) is 0 Å². The van der Waals surface area contributed by atoms with Crippen LogP contribution in [0.2, 0.25) is 0 Å². The van der Waals surface area contributed by atoms with Crippen molar-refractivity contribution < 1.29 is 186 Å². The highest BCUT2D eigenvalue weighted by Gasteiger charge is 2.52. The third kappa shape index (κ3) is 30.8. The van der Waals surface area contributed by atoms with E-state index in [-0.39, 0.29) is 90.4 Å². The average Bonchev–Trinajstić information content (AvgIpc) is 0.933. The Morgan fingerprint density at radius 3 is 1.49 bits per heavy atom. The quantitative estimate of drug-likeness (QED) is 0.0153. The highest BCUT2D eigenvalue weighted by molar-refractivity contribution is 6.01. The van der Waals surface area contributed by atoms with Crippen LogP contribution in [-0.4, -0.2) is 410 Å². The van der Waals surface area contributed by atoms with Crippen molar-refractivity contribution in [1.82, 2.24) is 47.2 Å². The molecule has 25 atom stereocenters. The number of nitrogens with one attached hydrogen (secondary N) is 7. The molecule has 47 nitrogen and oxygen atoms in total. The SMILES string of the molecule is CC(=O)CN(CC(=O)NCCCCCC(=O)ON1C(=O)CCC1=O)CC(=O)N[C@@H](CCC(=O)NCCO[C@H]1O[C@H](CO[C@H]2O[C@H](CO)C[C@H](O)[C@@H]2O)[C@@H](O)[C@H](O[C@H]2O[C@H](CO)[C@@H](O)[C@H](O)[C@@H]2O)[C@@H]1O)C(=O)NCCCC(=O)N[C@@H](CCC(=O)NCCO[C@H]1O[C@H](CO)C[C@H](O)[C@@H]1O)C(=O)NCCO[C@H]1O[C@H](CO)[C@@H](O)[C@H](C=O)[C@@H]1O. The lowest BCUT2D eigenvalue weighted by atomic mass is 9.90. The minimum absolute atomic E-state index is 0.0621. The molecule has 6 saturated heterocycles. The molecule has 0 radical (unpaired) electrons. The van der Waals surface area contributed by atoms with Crippen LogP contribution in [0.1, 0.15) is 96.8 Å². The molecule has 9 amide bonds. The van der Waals surface area contributed by atoms with E-state index >= 15 is 0 Å². The Balaban J connectivity index is 1.08. The summed E-state index contributed by atoms with van der Waals surface area (Å²) in [6, 6.07) is -3.02. The van der Waals surface area contributed by atoms with Crippen LogP contribution in [0.25, 0.3) is 0 Å². The van der Waals surface area contributed by atoms with Crippen LogP contribution in [-0.2, 0) is 110 Å². The molecule has 6 rings (SSSR count). The lowest BCUT2D eigenvalue weighted by molar-refractivity contribution is -0.364. The van der Waals surface area contributed by atoms with Crippen LogP contribution >= 0.6 is 0 Å². The highest BCUT2D eigenvalue weighted by Crippen LogP contribution is 2.32. The van der Waals surface area contributed by atoms with Crippen LogP contribution in [0.15, 0.2) is 0 Å². The highest BCUT2D eigenvalue weighted by atomic mass is 16.8. The van der Waals surface area contributed by atoms with Gasteiger partial charge in [0.15, 0.2) is 31.5 Å². The molecule has 0 saturated carbocycles. The Hall–Kier alpha value is -6.80. The van der Waals surface area contributed by atoms with Gasteiger partial charge in [-0.3, -0.25) is 52.8 Å². The van der Waals surface area contributed by atoms with E-state index in [4.69, 9.17) is 52.2 Å². The number of hydroxylamine groups is 2. The Morgan fingerprint density at radius 1 is 0.461 bits per heavy atom. The number of amides is 9. The van der Waals surface area contributed by atoms with Gasteiger partial charge in [-0.25, -0.2) is 4.79 Å². The fraction of sp³-hybridized carbons (Fsp3) is 0.824. The minimum atomic E-state index is -2.03. The van der Waals surface area contributed by atoms with Crippen molar-refractivity contribution in [2.45, 2.75) is 244 Å². The van der Waals surface area contributed by atoms with Crippen molar-refractivity contribution >= 4 is 71.2 Å². The molecule has 6 heterocycles. The number of carbonyl (C=O) groups is 12. The summed E-state index contributed by atoms with van der Waals surface area (Å²) in [7, 11) is 0. The van der Waals surface area contributed by atoms with Gasteiger partial charge in [0, 0.05) is 84.1 Å². The number of imide groups is 1. The number of rotatable bonds is 49. The molecule has 6 fully saturated rings. The van der Waals surface area contributed by atoms with Gasteiger partial charge in [0.05, 0.1) is 109 Å². The molecular weight excluding hydrogens is 1550 g/mol. The summed E-state index contributed by atoms with van der Waals surface area (Å²) < 4.78 is 55.6. The standard InChI is InChI=1S/C68H111N9O38/c1-33(83)24-76(25-47(89)69-14-4-2-3-7-51(93)115-77-49(91)12-13-50(77)92)26-48(90)75-38(9-11-45(87)71-17-20-107-67-60(102)61(114-68-59(101)58(100)56(98)42(31-82)112-68)57(99)43(113-67)32-108-66-55(97)40(85)23-35(28-79)110-66)62(103)72-15-5-6-46(88)74-37(8-10-44(86)70-16-19-106-65-54(96)39(84)22-34(27-78)109-65)63(104)73-18-21-105-64-53(95)36(29-80)52(94)41(30-81)111-64/h29,34-43,52-61,64-68,78-79,81-82,84-85,94-102H,2-28,30-32H2,1H3,(H,69,89)(H,70,86)(H,71,87)(H,72,103)(H,73,104)(H,74,88)(H,75,90)/t34-,35-,36-,37-,38-,39-,40-,41+,42+,43+,52-,53-,54-,55-,56+,57+,58-,59-,60-,61-,64-,65-,66-,67-,68+/m0/s1. The van der Waals surface area contributed by atoms with E-state index < -0.39 is 316 Å². The number of carbonyl (C=O) groups excluding carboxylic acids is 12. The zero-order chi connectivity index (χ0) is 84.6. The fourth-order valence-corrected chi connectivity index (χ4v) is 12.7. The molecule has 656 valence electrons. The largest absolute Gasteiger partial charge is 0.394 e. The van der Waals surface area contributed by atoms with Gasteiger partial charge in [-0.1, -0.05) is 6.42 Å². The van der Waals surface area contributed by atoms with Gasteiger partial charge in [0.25, 0.3) is 11.8 Å².